The van der Waals surface area contributed by atoms with Crippen LogP contribution in [0.5, 0.6) is 0 Å². The van der Waals surface area contributed by atoms with Crippen molar-refractivity contribution in [3.63, 3.8) is 0 Å². The summed E-state index contributed by atoms with van der Waals surface area (Å²) in [6.45, 7) is 5.45. The molecule has 1 saturated heterocycles. The molecule has 1 aromatic carbocycles. The van der Waals surface area contributed by atoms with E-state index in [0.717, 1.165) is 59.0 Å². The van der Waals surface area contributed by atoms with Crippen LogP contribution in [0.15, 0.2) is 46.1 Å². The van der Waals surface area contributed by atoms with Crippen LogP contribution in [0.3, 0.4) is 0 Å². The molecule has 4 aromatic rings. The lowest BCUT2D eigenvalue weighted by atomic mass is 9.96. The quantitative estimate of drug-likeness (QED) is 0.228. The van der Waals surface area contributed by atoms with Crippen LogP contribution in [0.4, 0.5) is 5.69 Å². The van der Waals surface area contributed by atoms with Crippen molar-refractivity contribution in [1.82, 2.24) is 14.9 Å². The number of thiophene rings is 1. The first-order valence-corrected chi connectivity index (χ1v) is 15.8. The van der Waals surface area contributed by atoms with Crippen LogP contribution in [-0.4, -0.2) is 55.5 Å². The predicted molar refractivity (Wildman–Crippen MR) is 152 cm³/mol. The van der Waals surface area contributed by atoms with E-state index in [4.69, 9.17) is 10.5 Å². The molecule has 1 aliphatic rings. The minimum atomic E-state index is -3.76. The van der Waals surface area contributed by atoms with Crippen LogP contribution in [-0.2, 0) is 32.5 Å². The van der Waals surface area contributed by atoms with Crippen molar-refractivity contribution < 1.29 is 17.9 Å². The largest absolute Gasteiger partial charge is 0.381 e. The van der Waals surface area contributed by atoms with Crippen LogP contribution >= 0.6 is 22.7 Å². The summed E-state index contributed by atoms with van der Waals surface area (Å²) < 4.78 is 35.1. The molecule has 5 rings (SSSR count). The number of anilines is 1. The van der Waals surface area contributed by atoms with E-state index < -0.39 is 10.0 Å². The Hall–Kier alpha value is -2.77. The Bertz CT molecular complexity index is 1520. The number of ether oxygens (including phenoxy) is 1. The molecule has 1 aliphatic heterocycles. The first kappa shape index (κ1) is 26.8. The first-order chi connectivity index (χ1) is 18.3. The Morgan fingerprint density at radius 2 is 2.11 bits per heavy atom. The van der Waals surface area contributed by atoms with Gasteiger partial charge in [0.25, 0.3) is 10.0 Å². The van der Waals surface area contributed by atoms with E-state index in [1.807, 2.05) is 37.4 Å². The number of hydrogen-bond donors (Lipinski definition) is 3. The number of benzene rings is 1. The highest BCUT2D eigenvalue weighted by atomic mass is 32.2. The molecule has 9 nitrogen and oxygen atoms in total. The van der Waals surface area contributed by atoms with Crippen LogP contribution < -0.4 is 10.5 Å². The van der Waals surface area contributed by atoms with Gasteiger partial charge in [-0.25, -0.2) is 13.4 Å². The fraction of sp³-hybridized carbons (Fsp3) is 0.385. The highest BCUT2D eigenvalue weighted by Crippen LogP contribution is 2.33. The number of nitrogens with zero attached hydrogens (tertiary/aromatic N) is 2. The van der Waals surface area contributed by atoms with E-state index in [1.54, 1.807) is 22.8 Å². The molecule has 0 radical (unpaired) electrons. The molecule has 4 heterocycles. The molecule has 0 spiro atoms. The summed E-state index contributed by atoms with van der Waals surface area (Å²) in [5.41, 5.74) is 8.25. The van der Waals surface area contributed by atoms with E-state index in [1.165, 1.54) is 11.3 Å². The summed E-state index contributed by atoms with van der Waals surface area (Å²) in [5.74, 6) is -0.231. The lowest BCUT2D eigenvalue weighted by Gasteiger charge is -2.29. The standard InChI is InChI=1S/C26H31N5O4S3/c1-2-35-12-8-18-9-13-36-26(18)38(33,34)30-21-5-3-4-19-14-22(29-23(19)21)25-28-15-20(37-25)16-31-10-6-17(7-11-31)24(27)32/h3-5,9,13-15,17,29-30H,2,6-8,10-12,16H2,1H3,(H2,27,32). The average Bonchev–Trinajstić information content (AvgIpc) is 3.64. The smallest absolute Gasteiger partial charge is 0.271 e. The molecule has 0 bridgehead atoms. The summed E-state index contributed by atoms with van der Waals surface area (Å²) in [6.07, 6.45) is 4.01. The van der Waals surface area contributed by atoms with Gasteiger partial charge in [-0.2, -0.15) is 0 Å². The second-order valence-corrected chi connectivity index (χ2v) is 13.2. The van der Waals surface area contributed by atoms with Gasteiger partial charge in [0, 0.05) is 35.5 Å². The maximum absolute atomic E-state index is 13.3. The van der Waals surface area contributed by atoms with Crippen molar-refractivity contribution in [2.24, 2.45) is 11.7 Å². The minimum Gasteiger partial charge on any atom is -0.381 e. The van der Waals surface area contributed by atoms with Crippen LogP contribution in [0, 0.1) is 5.92 Å². The van der Waals surface area contributed by atoms with Gasteiger partial charge in [0.05, 0.1) is 23.5 Å². The van der Waals surface area contributed by atoms with Crippen molar-refractivity contribution in [3.05, 3.63) is 52.3 Å². The predicted octanol–water partition coefficient (Wildman–Crippen LogP) is 4.43. The van der Waals surface area contributed by atoms with Crippen LogP contribution in [0.1, 0.15) is 30.2 Å². The number of hydrogen-bond acceptors (Lipinski definition) is 8. The van der Waals surface area contributed by atoms with E-state index >= 15 is 0 Å². The average molecular weight is 574 g/mol. The molecule has 0 unspecified atom stereocenters. The third-order valence-electron chi connectivity index (χ3n) is 6.72. The van der Waals surface area contributed by atoms with Gasteiger partial charge in [0.15, 0.2) is 0 Å². The highest BCUT2D eigenvalue weighted by molar-refractivity contribution is 7.94. The number of carbonyl (C=O) groups is 1. The topological polar surface area (TPSA) is 130 Å². The molecular formula is C26H31N5O4S3. The van der Waals surface area contributed by atoms with E-state index in [0.29, 0.717) is 35.0 Å². The zero-order valence-electron chi connectivity index (χ0n) is 21.1. The Labute approximate surface area is 230 Å². The number of nitrogens with one attached hydrogen (secondary N) is 2. The third kappa shape index (κ3) is 5.94. The molecule has 0 atom stereocenters. The van der Waals surface area contributed by atoms with Gasteiger partial charge in [-0.3, -0.25) is 14.4 Å². The summed E-state index contributed by atoms with van der Waals surface area (Å²) in [7, 11) is -3.76. The van der Waals surface area contributed by atoms with Crippen molar-refractivity contribution in [1.29, 1.82) is 0 Å². The Morgan fingerprint density at radius 3 is 2.87 bits per heavy atom. The van der Waals surface area contributed by atoms with Crippen LogP contribution in [0.25, 0.3) is 21.6 Å². The van der Waals surface area contributed by atoms with E-state index in [-0.39, 0.29) is 11.8 Å². The zero-order chi connectivity index (χ0) is 26.7. The second-order valence-electron chi connectivity index (χ2n) is 9.32. The minimum absolute atomic E-state index is 0.0253. The number of rotatable bonds is 11. The number of amides is 1. The summed E-state index contributed by atoms with van der Waals surface area (Å²) >= 11 is 2.81. The fourth-order valence-corrected chi connectivity index (χ4v) is 8.19. The first-order valence-electron chi connectivity index (χ1n) is 12.6. The Morgan fingerprint density at radius 1 is 1.29 bits per heavy atom. The number of fused-ring (bicyclic) bond motifs is 1. The molecule has 202 valence electrons. The summed E-state index contributed by atoms with van der Waals surface area (Å²) in [6, 6.07) is 9.38. The van der Waals surface area contributed by atoms with Crippen molar-refractivity contribution >= 4 is 55.2 Å². The Kier molecular flexibility index (Phi) is 8.15. The monoisotopic (exact) mass is 573 g/mol. The second kappa shape index (κ2) is 11.5. The zero-order valence-corrected chi connectivity index (χ0v) is 23.6. The summed E-state index contributed by atoms with van der Waals surface area (Å²) in [5, 5.41) is 3.53. The maximum atomic E-state index is 13.3. The number of thiazole rings is 1. The van der Waals surface area contributed by atoms with Crippen molar-refractivity contribution in [2.75, 3.05) is 31.0 Å². The third-order valence-corrected chi connectivity index (χ3v) is 10.7. The number of aromatic nitrogens is 2. The van der Waals surface area contributed by atoms with E-state index in [9.17, 15) is 13.2 Å². The number of H-pyrrole nitrogens is 1. The van der Waals surface area contributed by atoms with Gasteiger partial charge >= 0.3 is 0 Å². The van der Waals surface area contributed by atoms with Gasteiger partial charge < -0.3 is 15.5 Å². The molecule has 4 N–H and O–H groups in total. The van der Waals surface area contributed by atoms with Gasteiger partial charge in [0.2, 0.25) is 5.91 Å². The number of piperidine rings is 1. The highest BCUT2D eigenvalue weighted by Gasteiger charge is 2.24. The number of nitrogens with two attached hydrogens (primary N) is 1. The lowest BCUT2D eigenvalue weighted by Crippen LogP contribution is -2.37. The number of aromatic amines is 1. The molecule has 1 fully saturated rings. The fourth-order valence-electron chi connectivity index (χ4n) is 4.72. The number of para-hydroxylation sites is 1. The molecule has 0 aliphatic carbocycles. The number of carbonyl (C=O) groups excluding carboxylic acids is 1. The number of primary amides is 1. The van der Waals surface area contributed by atoms with Gasteiger partial charge in [-0.15, -0.1) is 22.7 Å². The van der Waals surface area contributed by atoms with Gasteiger partial charge in [-0.1, -0.05) is 12.1 Å². The SMILES string of the molecule is CCOCCc1ccsc1S(=O)(=O)Nc1cccc2cc(-c3ncc(CN4CCC(C(N)=O)CC4)s3)[nH]c12. The summed E-state index contributed by atoms with van der Waals surface area (Å²) in [4.78, 5) is 22.9. The molecular weight excluding hydrogens is 543 g/mol. The van der Waals surface area contributed by atoms with Gasteiger partial charge in [-0.05, 0) is 68.4 Å². The molecule has 3 aromatic heterocycles. The molecule has 1 amide bonds. The van der Waals surface area contributed by atoms with Crippen molar-refractivity contribution in [3.8, 4) is 10.7 Å². The maximum Gasteiger partial charge on any atom is 0.271 e. The number of likely N-dealkylation sites (tertiary alicyclic amines) is 1. The van der Waals surface area contributed by atoms with Crippen LogP contribution in [0.2, 0.25) is 0 Å². The lowest BCUT2D eigenvalue weighted by molar-refractivity contribution is -0.123. The van der Waals surface area contributed by atoms with E-state index in [2.05, 4.69) is 19.6 Å². The van der Waals surface area contributed by atoms with Crippen molar-refractivity contribution in [2.45, 2.75) is 36.9 Å². The van der Waals surface area contributed by atoms with Gasteiger partial charge in [0.1, 0.15) is 9.22 Å². The normalized spacial score (nSPS) is 15.3. The molecule has 12 heteroatoms. The molecule has 0 saturated carbocycles. The number of sulfonamides is 1. The molecule has 38 heavy (non-hydrogen) atoms. The Balaban J connectivity index is 1.31.